The van der Waals surface area contributed by atoms with Gasteiger partial charge in [-0.05, 0) is 27.3 Å². The average Bonchev–Trinajstić information content (AvgIpc) is 2.85. The molecule has 0 bridgehead atoms. The summed E-state index contributed by atoms with van der Waals surface area (Å²) < 4.78 is 4.33. The SMILES string of the molecule is CCc1nsc(NC(C)(C)CCN2CCN(C)CC2)n1. The summed E-state index contributed by atoms with van der Waals surface area (Å²) in [5.74, 6) is 0.937. The normalized spacial score (nSPS) is 18.4. The molecule has 0 atom stereocenters. The van der Waals surface area contributed by atoms with Gasteiger partial charge in [0.1, 0.15) is 5.82 Å². The molecule has 0 radical (unpaired) electrons. The molecule has 1 N–H and O–H groups in total. The first kappa shape index (κ1) is 15.7. The molecule has 20 heavy (non-hydrogen) atoms. The van der Waals surface area contributed by atoms with E-state index in [2.05, 4.69) is 52.3 Å². The van der Waals surface area contributed by atoms with Crippen LogP contribution in [0.3, 0.4) is 0 Å². The Bertz CT molecular complexity index is 409. The van der Waals surface area contributed by atoms with Crippen molar-refractivity contribution in [3.8, 4) is 0 Å². The minimum absolute atomic E-state index is 0.0634. The van der Waals surface area contributed by atoms with Crippen molar-refractivity contribution >= 4 is 16.7 Å². The van der Waals surface area contributed by atoms with E-state index in [1.807, 2.05) is 0 Å². The number of hydrogen-bond donors (Lipinski definition) is 1. The largest absolute Gasteiger partial charge is 0.355 e. The molecule has 1 saturated heterocycles. The van der Waals surface area contributed by atoms with Gasteiger partial charge in [-0.3, -0.25) is 0 Å². The molecule has 1 fully saturated rings. The Labute approximate surface area is 126 Å². The quantitative estimate of drug-likeness (QED) is 0.869. The van der Waals surface area contributed by atoms with Crippen LogP contribution in [0, 0.1) is 0 Å². The summed E-state index contributed by atoms with van der Waals surface area (Å²) in [6, 6.07) is 0. The Hall–Kier alpha value is -0.720. The zero-order chi connectivity index (χ0) is 14.6. The van der Waals surface area contributed by atoms with Crippen LogP contribution in [0.5, 0.6) is 0 Å². The van der Waals surface area contributed by atoms with Crippen molar-refractivity contribution in [3.05, 3.63) is 5.82 Å². The second-order valence-corrected chi connectivity index (χ2v) is 7.02. The van der Waals surface area contributed by atoms with Gasteiger partial charge in [0.25, 0.3) is 0 Å². The van der Waals surface area contributed by atoms with E-state index in [1.165, 1.54) is 37.7 Å². The number of piperazine rings is 1. The maximum absolute atomic E-state index is 4.49. The number of aryl methyl sites for hydroxylation is 1. The van der Waals surface area contributed by atoms with Gasteiger partial charge in [0, 0.05) is 56.2 Å². The van der Waals surface area contributed by atoms with Gasteiger partial charge in [0.2, 0.25) is 5.13 Å². The molecule has 2 heterocycles. The van der Waals surface area contributed by atoms with Crippen molar-refractivity contribution in [2.75, 3.05) is 45.1 Å². The van der Waals surface area contributed by atoms with E-state index < -0.39 is 0 Å². The molecule has 5 nitrogen and oxygen atoms in total. The lowest BCUT2D eigenvalue weighted by Gasteiger charge is -2.35. The van der Waals surface area contributed by atoms with E-state index in [4.69, 9.17) is 0 Å². The molecule has 6 heteroatoms. The van der Waals surface area contributed by atoms with Crippen molar-refractivity contribution in [1.29, 1.82) is 0 Å². The zero-order valence-corrected chi connectivity index (χ0v) is 14.0. The van der Waals surface area contributed by atoms with Gasteiger partial charge >= 0.3 is 0 Å². The van der Waals surface area contributed by atoms with Crippen LogP contribution in [0.4, 0.5) is 5.13 Å². The maximum Gasteiger partial charge on any atom is 0.202 e. The molecule has 1 aromatic heterocycles. The number of anilines is 1. The number of likely N-dealkylation sites (N-methyl/N-ethyl adjacent to an activating group) is 1. The predicted octanol–water partition coefficient (Wildman–Crippen LogP) is 1.93. The maximum atomic E-state index is 4.49. The molecule has 1 aromatic rings. The molecule has 1 aliphatic rings. The summed E-state index contributed by atoms with van der Waals surface area (Å²) in [6.45, 7) is 12.5. The molecular weight excluding hydrogens is 270 g/mol. The Morgan fingerprint density at radius 2 is 1.95 bits per heavy atom. The molecule has 0 aromatic carbocycles. The first-order valence-corrected chi connectivity index (χ1v) is 8.27. The van der Waals surface area contributed by atoms with Crippen LogP contribution >= 0.6 is 11.5 Å². The fraction of sp³-hybridized carbons (Fsp3) is 0.857. The second-order valence-electron chi connectivity index (χ2n) is 6.27. The predicted molar refractivity (Wildman–Crippen MR) is 85.5 cm³/mol. The summed E-state index contributed by atoms with van der Waals surface area (Å²) in [5.41, 5.74) is 0.0634. The minimum atomic E-state index is 0.0634. The van der Waals surface area contributed by atoms with Crippen LogP contribution in [0.25, 0.3) is 0 Å². The van der Waals surface area contributed by atoms with Crippen molar-refractivity contribution in [2.45, 2.75) is 39.2 Å². The van der Waals surface area contributed by atoms with Gasteiger partial charge in [-0.25, -0.2) is 4.98 Å². The van der Waals surface area contributed by atoms with Crippen LogP contribution in [0.2, 0.25) is 0 Å². The van der Waals surface area contributed by atoms with Gasteiger partial charge in [-0.15, -0.1) is 0 Å². The smallest absolute Gasteiger partial charge is 0.202 e. The van der Waals surface area contributed by atoms with Gasteiger partial charge in [0.05, 0.1) is 0 Å². The van der Waals surface area contributed by atoms with Gasteiger partial charge in [-0.1, -0.05) is 6.92 Å². The number of aromatic nitrogens is 2. The number of rotatable bonds is 6. The fourth-order valence-corrected chi connectivity index (χ4v) is 3.14. The molecule has 0 unspecified atom stereocenters. The molecule has 0 saturated carbocycles. The summed E-state index contributed by atoms with van der Waals surface area (Å²) in [6.07, 6.45) is 2.03. The van der Waals surface area contributed by atoms with E-state index in [0.717, 1.165) is 30.3 Å². The lowest BCUT2D eigenvalue weighted by Crippen LogP contribution is -2.46. The highest BCUT2D eigenvalue weighted by atomic mass is 32.1. The summed E-state index contributed by atoms with van der Waals surface area (Å²) in [5, 5.41) is 4.48. The van der Waals surface area contributed by atoms with Gasteiger partial charge in [0.15, 0.2) is 0 Å². The lowest BCUT2D eigenvalue weighted by molar-refractivity contribution is 0.147. The van der Waals surface area contributed by atoms with E-state index in [9.17, 15) is 0 Å². The van der Waals surface area contributed by atoms with Crippen LogP contribution in [-0.2, 0) is 6.42 Å². The Kier molecular flexibility index (Phi) is 5.35. The van der Waals surface area contributed by atoms with Crippen molar-refractivity contribution in [2.24, 2.45) is 0 Å². The molecule has 0 aliphatic carbocycles. The first-order chi connectivity index (χ1) is 9.48. The number of nitrogens with zero attached hydrogens (tertiary/aromatic N) is 4. The molecule has 114 valence electrons. The fourth-order valence-electron chi connectivity index (χ4n) is 2.31. The average molecular weight is 297 g/mol. The summed E-state index contributed by atoms with van der Waals surface area (Å²) in [4.78, 5) is 9.45. The number of hydrogen-bond acceptors (Lipinski definition) is 6. The molecule has 2 rings (SSSR count). The zero-order valence-electron chi connectivity index (χ0n) is 13.1. The lowest BCUT2D eigenvalue weighted by atomic mass is 10.0. The standard InChI is InChI=1S/C14H27N5S/c1-5-12-15-13(20-17-12)16-14(2,3)6-7-19-10-8-18(4)9-11-19/h5-11H2,1-4H3,(H,15,16,17). The van der Waals surface area contributed by atoms with E-state index in [-0.39, 0.29) is 5.54 Å². The third kappa shape index (κ3) is 4.68. The van der Waals surface area contributed by atoms with E-state index in [0.29, 0.717) is 0 Å². The second kappa shape index (κ2) is 6.83. The van der Waals surface area contributed by atoms with Crippen LogP contribution in [0.15, 0.2) is 0 Å². The third-order valence-corrected chi connectivity index (χ3v) is 4.55. The van der Waals surface area contributed by atoms with Crippen LogP contribution in [-0.4, -0.2) is 64.5 Å². The topological polar surface area (TPSA) is 44.3 Å². The molecular formula is C14H27N5S. The Morgan fingerprint density at radius 3 is 2.55 bits per heavy atom. The molecule has 0 amide bonds. The number of nitrogens with one attached hydrogen (secondary N) is 1. The third-order valence-electron chi connectivity index (χ3n) is 3.88. The van der Waals surface area contributed by atoms with Crippen LogP contribution < -0.4 is 5.32 Å². The van der Waals surface area contributed by atoms with E-state index >= 15 is 0 Å². The highest BCUT2D eigenvalue weighted by Gasteiger charge is 2.22. The van der Waals surface area contributed by atoms with Crippen molar-refractivity contribution in [1.82, 2.24) is 19.2 Å². The first-order valence-electron chi connectivity index (χ1n) is 7.50. The minimum Gasteiger partial charge on any atom is -0.355 e. The van der Waals surface area contributed by atoms with Gasteiger partial charge < -0.3 is 15.1 Å². The molecule has 1 aliphatic heterocycles. The Morgan fingerprint density at radius 1 is 1.25 bits per heavy atom. The monoisotopic (exact) mass is 297 g/mol. The van der Waals surface area contributed by atoms with Gasteiger partial charge in [-0.2, -0.15) is 4.37 Å². The van der Waals surface area contributed by atoms with Crippen molar-refractivity contribution < 1.29 is 0 Å². The van der Waals surface area contributed by atoms with Crippen molar-refractivity contribution in [3.63, 3.8) is 0 Å². The highest BCUT2D eigenvalue weighted by Crippen LogP contribution is 2.20. The van der Waals surface area contributed by atoms with E-state index in [1.54, 1.807) is 0 Å². The molecule has 0 spiro atoms. The van der Waals surface area contributed by atoms with Crippen LogP contribution in [0.1, 0.15) is 33.0 Å². The summed E-state index contributed by atoms with van der Waals surface area (Å²) in [7, 11) is 2.20. The summed E-state index contributed by atoms with van der Waals surface area (Å²) >= 11 is 1.47. The Balaban J connectivity index is 1.78. The highest BCUT2D eigenvalue weighted by molar-refractivity contribution is 7.09.